The number of hydrogen-bond acceptors (Lipinski definition) is 3. The monoisotopic (exact) mass is 330 g/mol. The Morgan fingerprint density at radius 3 is 2.58 bits per heavy atom. The molecule has 2 rings (SSSR count). The zero-order valence-corrected chi connectivity index (χ0v) is 13.9. The standard InChI is InChI=1S/C19H23FN2O2/c1-22(16-8-3-2-4-9-16)14-7-13-21-19(23)12-15-24-18-11-6-5-10-17(18)20/h2-6,8-11H,7,12-15H2,1H3,(H,21,23). The normalized spacial score (nSPS) is 10.2. The van der Waals surface area contributed by atoms with Gasteiger partial charge in [0.05, 0.1) is 13.0 Å². The second-order valence-corrected chi connectivity index (χ2v) is 5.49. The van der Waals surface area contributed by atoms with Crippen LogP contribution in [0, 0.1) is 5.82 Å². The molecule has 0 atom stereocenters. The van der Waals surface area contributed by atoms with E-state index in [0.717, 1.165) is 18.7 Å². The van der Waals surface area contributed by atoms with Crippen molar-refractivity contribution in [1.82, 2.24) is 5.32 Å². The van der Waals surface area contributed by atoms with Crippen LogP contribution in [0.1, 0.15) is 12.8 Å². The molecule has 0 aromatic heterocycles. The van der Waals surface area contributed by atoms with E-state index in [1.165, 1.54) is 6.07 Å². The van der Waals surface area contributed by atoms with Gasteiger partial charge in [-0.25, -0.2) is 4.39 Å². The predicted octanol–water partition coefficient (Wildman–Crippen LogP) is 3.24. The molecule has 1 amide bonds. The van der Waals surface area contributed by atoms with Gasteiger partial charge in [0.25, 0.3) is 0 Å². The third kappa shape index (κ3) is 5.91. The molecule has 0 spiro atoms. The number of benzene rings is 2. The molecule has 2 aromatic rings. The summed E-state index contributed by atoms with van der Waals surface area (Å²) >= 11 is 0. The molecule has 1 N–H and O–H groups in total. The third-order valence-corrected chi connectivity index (χ3v) is 3.61. The molecule has 0 heterocycles. The number of hydrogen-bond donors (Lipinski definition) is 1. The van der Waals surface area contributed by atoms with E-state index in [4.69, 9.17) is 4.74 Å². The highest BCUT2D eigenvalue weighted by atomic mass is 19.1. The minimum absolute atomic E-state index is 0.0892. The van der Waals surface area contributed by atoms with E-state index in [0.29, 0.717) is 6.54 Å². The Kier molecular flexibility index (Phi) is 7.08. The molecule has 0 saturated heterocycles. The van der Waals surface area contributed by atoms with Crippen molar-refractivity contribution in [3.05, 3.63) is 60.4 Å². The van der Waals surface area contributed by atoms with Crippen molar-refractivity contribution >= 4 is 11.6 Å². The van der Waals surface area contributed by atoms with E-state index in [1.807, 2.05) is 25.2 Å². The molecule has 128 valence electrons. The van der Waals surface area contributed by atoms with Crippen LogP contribution < -0.4 is 15.0 Å². The van der Waals surface area contributed by atoms with Crippen LogP contribution in [0.2, 0.25) is 0 Å². The Morgan fingerprint density at radius 1 is 1.12 bits per heavy atom. The van der Waals surface area contributed by atoms with E-state index in [-0.39, 0.29) is 24.7 Å². The summed E-state index contributed by atoms with van der Waals surface area (Å²) in [6.07, 6.45) is 1.06. The van der Waals surface area contributed by atoms with Gasteiger partial charge in [-0.3, -0.25) is 4.79 Å². The van der Waals surface area contributed by atoms with Crippen LogP contribution in [0.4, 0.5) is 10.1 Å². The second-order valence-electron chi connectivity index (χ2n) is 5.49. The number of amides is 1. The summed E-state index contributed by atoms with van der Waals surface area (Å²) in [5.41, 5.74) is 1.15. The molecular weight excluding hydrogens is 307 g/mol. The quantitative estimate of drug-likeness (QED) is 0.718. The first-order valence-electron chi connectivity index (χ1n) is 8.07. The van der Waals surface area contributed by atoms with Crippen molar-refractivity contribution < 1.29 is 13.9 Å². The minimum atomic E-state index is -0.415. The number of ether oxygens (including phenoxy) is 1. The Morgan fingerprint density at radius 2 is 1.83 bits per heavy atom. The van der Waals surface area contributed by atoms with Crippen molar-refractivity contribution in [3.8, 4) is 5.75 Å². The van der Waals surface area contributed by atoms with Crippen LogP contribution in [0.15, 0.2) is 54.6 Å². The van der Waals surface area contributed by atoms with Gasteiger partial charge < -0.3 is 15.0 Å². The number of carbonyl (C=O) groups excluding carboxylic acids is 1. The fraction of sp³-hybridized carbons (Fsp3) is 0.316. The van der Waals surface area contributed by atoms with E-state index in [2.05, 4.69) is 22.3 Å². The summed E-state index contributed by atoms with van der Waals surface area (Å²) in [7, 11) is 2.03. The van der Waals surface area contributed by atoms with E-state index >= 15 is 0 Å². The lowest BCUT2D eigenvalue weighted by Crippen LogP contribution is -2.29. The van der Waals surface area contributed by atoms with Gasteiger partial charge in [-0.15, -0.1) is 0 Å². The molecule has 2 aromatic carbocycles. The van der Waals surface area contributed by atoms with Gasteiger partial charge >= 0.3 is 0 Å². The molecule has 0 bridgehead atoms. The number of anilines is 1. The SMILES string of the molecule is CN(CCCNC(=O)CCOc1ccccc1F)c1ccccc1. The Balaban J connectivity index is 1.57. The number of halogens is 1. The molecule has 0 radical (unpaired) electrons. The lowest BCUT2D eigenvalue weighted by atomic mass is 10.3. The Labute approximate surface area is 142 Å². The van der Waals surface area contributed by atoms with Crippen LogP contribution in [-0.4, -0.2) is 32.7 Å². The van der Waals surface area contributed by atoms with Gasteiger partial charge in [-0.1, -0.05) is 30.3 Å². The van der Waals surface area contributed by atoms with E-state index in [1.54, 1.807) is 18.2 Å². The maximum absolute atomic E-state index is 13.3. The first-order valence-corrected chi connectivity index (χ1v) is 8.07. The maximum Gasteiger partial charge on any atom is 0.223 e. The summed E-state index contributed by atoms with van der Waals surface area (Å²) in [6, 6.07) is 16.3. The zero-order valence-electron chi connectivity index (χ0n) is 13.9. The smallest absolute Gasteiger partial charge is 0.223 e. The number of nitrogens with zero attached hydrogens (tertiary/aromatic N) is 1. The van der Waals surface area contributed by atoms with Gasteiger partial charge in [0.1, 0.15) is 0 Å². The van der Waals surface area contributed by atoms with Crippen LogP contribution in [0.25, 0.3) is 0 Å². The molecular formula is C19H23FN2O2. The van der Waals surface area contributed by atoms with Crippen molar-refractivity contribution in [1.29, 1.82) is 0 Å². The minimum Gasteiger partial charge on any atom is -0.490 e. The molecule has 0 fully saturated rings. The van der Waals surface area contributed by atoms with Crippen molar-refractivity contribution in [3.63, 3.8) is 0 Å². The van der Waals surface area contributed by atoms with Crippen LogP contribution in [-0.2, 0) is 4.79 Å². The van der Waals surface area contributed by atoms with E-state index in [9.17, 15) is 9.18 Å². The summed E-state index contributed by atoms with van der Waals surface area (Å²) in [6.45, 7) is 1.63. The maximum atomic E-state index is 13.3. The second kappa shape index (κ2) is 9.55. The first kappa shape index (κ1) is 17.8. The van der Waals surface area contributed by atoms with Gasteiger partial charge in [-0.2, -0.15) is 0 Å². The van der Waals surface area contributed by atoms with Crippen molar-refractivity contribution in [2.24, 2.45) is 0 Å². The fourth-order valence-corrected chi connectivity index (χ4v) is 2.26. The highest BCUT2D eigenvalue weighted by Crippen LogP contribution is 2.15. The first-order chi connectivity index (χ1) is 11.7. The summed E-state index contributed by atoms with van der Waals surface area (Å²) in [4.78, 5) is 13.9. The highest BCUT2D eigenvalue weighted by Gasteiger charge is 2.05. The van der Waals surface area contributed by atoms with Gasteiger partial charge in [0.15, 0.2) is 11.6 Å². The highest BCUT2D eigenvalue weighted by molar-refractivity contribution is 5.75. The summed E-state index contributed by atoms with van der Waals surface area (Å²) in [5.74, 6) is -0.328. The van der Waals surface area contributed by atoms with Crippen LogP contribution in [0.5, 0.6) is 5.75 Å². The Hall–Kier alpha value is -2.56. The molecule has 0 aliphatic heterocycles. The largest absolute Gasteiger partial charge is 0.490 e. The fourth-order valence-electron chi connectivity index (χ4n) is 2.26. The average Bonchev–Trinajstić information content (AvgIpc) is 2.61. The molecule has 0 saturated carbocycles. The van der Waals surface area contributed by atoms with E-state index < -0.39 is 5.82 Å². The van der Waals surface area contributed by atoms with Crippen LogP contribution in [0.3, 0.4) is 0 Å². The number of para-hydroxylation sites is 2. The van der Waals surface area contributed by atoms with Gasteiger partial charge in [-0.05, 0) is 30.7 Å². The molecule has 4 nitrogen and oxygen atoms in total. The average molecular weight is 330 g/mol. The topological polar surface area (TPSA) is 41.6 Å². The van der Waals surface area contributed by atoms with Crippen molar-refractivity contribution in [2.45, 2.75) is 12.8 Å². The van der Waals surface area contributed by atoms with Gasteiger partial charge in [0, 0.05) is 25.8 Å². The van der Waals surface area contributed by atoms with Gasteiger partial charge in [0.2, 0.25) is 5.91 Å². The molecule has 24 heavy (non-hydrogen) atoms. The third-order valence-electron chi connectivity index (χ3n) is 3.61. The zero-order chi connectivity index (χ0) is 17.2. The lowest BCUT2D eigenvalue weighted by molar-refractivity contribution is -0.121. The molecule has 0 aliphatic carbocycles. The number of rotatable bonds is 9. The van der Waals surface area contributed by atoms with Crippen molar-refractivity contribution in [2.75, 3.05) is 31.6 Å². The number of nitrogens with one attached hydrogen (secondary N) is 1. The number of carbonyl (C=O) groups is 1. The summed E-state index contributed by atoms with van der Waals surface area (Å²) in [5, 5.41) is 2.85. The summed E-state index contributed by atoms with van der Waals surface area (Å²) < 4.78 is 18.6. The van der Waals surface area contributed by atoms with Crippen LogP contribution >= 0.6 is 0 Å². The molecule has 0 aliphatic rings. The molecule has 0 unspecified atom stereocenters. The Bertz CT molecular complexity index is 634. The molecule has 5 heteroatoms. The predicted molar refractivity (Wildman–Crippen MR) is 93.9 cm³/mol. The lowest BCUT2D eigenvalue weighted by Gasteiger charge is -2.19.